The van der Waals surface area contributed by atoms with E-state index in [-0.39, 0.29) is 6.04 Å². The molecule has 0 spiro atoms. The van der Waals surface area contributed by atoms with Crippen molar-refractivity contribution in [3.63, 3.8) is 0 Å². The minimum Gasteiger partial charge on any atom is -0.340 e. The van der Waals surface area contributed by atoms with Crippen molar-refractivity contribution in [2.24, 2.45) is 0 Å². The largest absolute Gasteiger partial charge is 0.340 e. The molecule has 64 valence electrons. The Labute approximate surface area is 67.4 Å². The molecule has 4 heteroatoms. The second kappa shape index (κ2) is 3.36. The summed E-state index contributed by atoms with van der Waals surface area (Å²) >= 11 is 0. The standard InChI is InChI=1S/C7H13NO2S/c1-2-4-8-7-3-5-11(9,10)6-7/h2,7-8H,1,3-6H2/p+1/t7-/m1/s1. The van der Waals surface area contributed by atoms with Crippen molar-refractivity contribution in [1.82, 2.24) is 0 Å². The van der Waals surface area contributed by atoms with Crippen molar-refractivity contribution in [3.8, 4) is 0 Å². The molecule has 0 aromatic carbocycles. The predicted octanol–water partition coefficient (Wildman–Crippen LogP) is -1.08. The summed E-state index contributed by atoms with van der Waals surface area (Å²) in [6, 6.07) is 0.276. The monoisotopic (exact) mass is 176 g/mol. The van der Waals surface area contributed by atoms with Gasteiger partial charge in [0.25, 0.3) is 0 Å². The summed E-state index contributed by atoms with van der Waals surface area (Å²) < 4.78 is 21.9. The number of rotatable bonds is 3. The van der Waals surface area contributed by atoms with Gasteiger partial charge in [-0.15, -0.1) is 0 Å². The minimum atomic E-state index is -2.69. The fourth-order valence-corrected chi connectivity index (χ4v) is 3.08. The first kappa shape index (κ1) is 8.74. The maximum Gasteiger partial charge on any atom is 0.156 e. The maximum absolute atomic E-state index is 11.0. The Morgan fingerprint density at radius 1 is 1.64 bits per heavy atom. The topological polar surface area (TPSA) is 50.8 Å². The number of hydrogen-bond acceptors (Lipinski definition) is 2. The molecule has 0 bridgehead atoms. The molecule has 0 aliphatic carbocycles. The molecule has 0 aromatic rings. The Bertz CT molecular complexity index is 233. The number of nitrogens with two attached hydrogens (primary N) is 1. The molecule has 1 rings (SSSR count). The van der Waals surface area contributed by atoms with E-state index in [1.165, 1.54) is 0 Å². The van der Waals surface area contributed by atoms with Crippen LogP contribution in [0.25, 0.3) is 0 Å². The van der Waals surface area contributed by atoms with Crippen molar-refractivity contribution in [3.05, 3.63) is 12.7 Å². The van der Waals surface area contributed by atoms with Crippen molar-refractivity contribution in [2.75, 3.05) is 18.1 Å². The third kappa shape index (κ3) is 2.63. The van der Waals surface area contributed by atoms with E-state index in [1.807, 2.05) is 5.32 Å². The van der Waals surface area contributed by atoms with Crippen LogP contribution in [0.1, 0.15) is 6.42 Å². The van der Waals surface area contributed by atoms with Crippen LogP contribution in [0.2, 0.25) is 0 Å². The molecule has 1 fully saturated rings. The molecule has 2 N–H and O–H groups in total. The highest BCUT2D eigenvalue weighted by Gasteiger charge is 2.29. The first-order valence-corrected chi connectivity index (χ1v) is 5.61. The van der Waals surface area contributed by atoms with Crippen molar-refractivity contribution >= 4 is 9.84 Å². The van der Waals surface area contributed by atoms with Crippen molar-refractivity contribution < 1.29 is 13.7 Å². The number of quaternary nitrogens is 1. The van der Waals surface area contributed by atoms with E-state index in [1.54, 1.807) is 6.08 Å². The minimum absolute atomic E-state index is 0.276. The molecule has 0 radical (unpaired) electrons. The molecule has 0 unspecified atom stereocenters. The molecule has 11 heavy (non-hydrogen) atoms. The zero-order valence-electron chi connectivity index (χ0n) is 6.49. The van der Waals surface area contributed by atoms with E-state index in [9.17, 15) is 8.42 Å². The van der Waals surface area contributed by atoms with Crippen molar-refractivity contribution in [2.45, 2.75) is 12.5 Å². The van der Waals surface area contributed by atoms with Crippen LogP contribution in [0, 0.1) is 0 Å². The van der Waals surface area contributed by atoms with Crippen LogP contribution in [0.4, 0.5) is 0 Å². The Balaban J connectivity index is 2.36. The lowest BCUT2D eigenvalue weighted by Crippen LogP contribution is -2.90. The highest BCUT2D eigenvalue weighted by Crippen LogP contribution is 2.07. The summed E-state index contributed by atoms with van der Waals surface area (Å²) in [6.07, 6.45) is 2.60. The molecule has 1 saturated heterocycles. The van der Waals surface area contributed by atoms with Crippen LogP contribution < -0.4 is 5.32 Å². The lowest BCUT2D eigenvalue weighted by molar-refractivity contribution is -0.675. The van der Waals surface area contributed by atoms with Gasteiger partial charge in [0, 0.05) is 6.42 Å². The summed E-state index contributed by atoms with van der Waals surface area (Å²) in [6.45, 7) is 4.40. The highest BCUT2D eigenvalue weighted by molar-refractivity contribution is 7.91. The molecule has 1 heterocycles. The smallest absolute Gasteiger partial charge is 0.156 e. The summed E-state index contributed by atoms with van der Waals surface area (Å²) in [7, 11) is -2.69. The van der Waals surface area contributed by atoms with E-state index in [0.29, 0.717) is 11.5 Å². The summed E-state index contributed by atoms with van der Waals surface area (Å²) in [4.78, 5) is 0. The van der Waals surface area contributed by atoms with Gasteiger partial charge in [-0.3, -0.25) is 0 Å². The van der Waals surface area contributed by atoms with Gasteiger partial charge in [-0.2, -0.15) is 0 Å². The van der Waals surface area contributed by atoms with Gasteiger partial charge in [-0.05, 0) is 6.08 Å². The zero-order chi connectivity index (χ0) is 8.32. The van der Waals surface area contributed by atoms with Crippen LogP contribution in [0.5, 0.6) is 0 Å². The molecule has 1 atom stereocenters. The zero-order valence-corrected chi connectivity index (χ0v) is 7.31. The summed E-state index contributed by atoms with van der Waals surface area (Å²) in [5, 5.41) is 2.04. The van der Waals surface area contributed by atoms with Gasteiger partial charge in [0.15, 0.2) is 9.84 Å². The first-order valence-electron chi connectivity index (χ1n) is 3.79. The average molecular weight is 176 g/mol. The van der Waals surface area contributed by atoms with Gasteiger partial charge >= 0.3 is 0 Å². The van der Waals surface area contributed by atoms with E-state index >= 15 is 0 Å². The van der Waals surface area contributed by atoms with E-state index < -0.39 is 9.84 Å². The van der Waals surface area contributed by atoms with E-state index in [0.717, 1.165) is 13.0 Å². The third-order valence-corrected chi connectivity index (χ3v) is 3.70. The fraction of sp³-hybridized carbons (Fsp3) is 0.714. The lowest BCUT2D eigenvalue weighted by atomic mass is 10.3. The molecular weight excluding hydrogens is 162 g/mol. The SMILES string of the molecule is C=CC[NH2+][C@@H]1CCS(=O)(=O)C1. The van der Waals surface area contributed by atoms with Gasteiger partial charge in [0.05, 0.1) is 12.3 Å². The van der Waals surface area contributed by atoms with Gasteiger partial charge in [-0.25, -0.2) is 8.42 Å². The van der Waals surface area contributed by atoms with Crippen LogP contribution in [0.15, 0.2) is 12.7 Å². The molecular formula is C7H14NO2S+. The van der Waals surface area contributed by atoms with Crippen molar-refractivity contribution in [1.29, 1.82) is 0 Å². The Morgan fingerprint density at radius 3 is 2.82 bits per heavy atom. The number of hydrogen-bond donors (Lipinski definition) is 1. The van der Waals surface area contributed by atoms with Gasteiger partial charge < -0.3 is 5.32 Å². The highest BCUT2D eigenvalue weighted by atomic mass is 32.2. The quantitative estimate of drug-likeness (QED) is 0.556. The molecule has 0 aromatic heterocycles. The second-order valence-electron chi connectivity index (χ2n) is 2.92. The Morgan fingerprint density at radius 2 is 2.36 bits per heavy atom. The predicted molar refractivity (Wildman–Crippen MR) is 44.0 cm³/mol. The van der Waals surface area contributed by atoms with Crippen LogP contribution in [-0.2, 0) is 9.84 Å². The summed E-state index contributed by atoms with van der Waals surface area (Å²) in [5.41, 5.74) is 0. The maximum atomic E-state index is 11.0. The second-order valence-corrected chi connectivity index (χ2v) is 5.15. The van der Waals surface area contributed by atoms with Gasteiger partial charge in [-0.1, -0.05) is 6.58 Å². The van der Waals surface area contributed by atoms with E-state index in [2.05, 4.69) is 6.58 Å². The molecule has 0 amide bonds. The average Bonchev–Trinajstić information content (AvgIpc) is 2.26. The van der Waals surface area contributed by atoms with Gasteiger partial charge in [0.1, 0.15) is 11.8 Å². The number of sulfone groups is 1. The molecule has 1 aliphatic heterocycles. The molecule has 3 nitrogen and oxygen atoms in total. The van der Waals surface area contributed by atoms with Crippen LogP contribution in [0.3, 0.4) is 0 Å². The Hall–Kier alpha value is -0.350. The Kier molecular flexibility index (Phi) is 2.67. The van der Waals surface area contributed by atoms with Gasteiger partial charge in [0.2, 0.25) is 0 Å². The fourth-order valence-electron chi connectivity index (χ4n) is 1.30. The third-order valence-electron chi connectivity index (χ3n) is 1.90. The molecule has 0 saturated carbocycles. The van der Waals surface area contributed by atoms with Crippen LogP contribution >= 0.6 is 0 Å². The van der Waals surface area contributed by atoms with E-state index in [4.69, 9.17) is 0 Å². The first-order chi connectivity index (χ1) is 5.14. The normalized spacial score (nSPS) is 28.5. The van der Waals surface area contributed by atoms with Crippen LogP contribution in [-0.4, -0.2) is 32.5 Å². The summed E-state index contributed by atoms with van der Waals surface area (Å²) in [5.74, 6) is 0.714. The molecule has 1 aliphatic rings. The lowest BCUT2D eigenvalue weighted by Gasteiger charge is -2.02.